The summed E-state index contributed by atoms with van der Waals surface area (Å²) in [5, 5.41) is 0. The van der Waals surface area contributed by atoms with Crippen molar-refractivity contribution in [1.29, 1.82) is 0 Å². The lowest BCUT2D eigenvalue weighted by Crippen LogP contribution is -2.31. The molecule has 0 atom stereocenters. The number of hydrogen-bond donors (Lipinski definition) is 1. The van der Waals surface area contributed by atoms with Crippen LogP contribution in [0.15, 0.2) is 24.3 Å². The van der Waals surface area contributed by atoms with Gasteiger partial charge >= 0.3 is 0 Å². The fourth-order valence-corrected chi connectivity index (χ4v) is 2.60. The van der Waals surface area contributed by atoms with Crippen LogP contribution in [0.1, 0.15) is 5.82 Å². The number of carbonyl (C=O) groups is 1. The van der Waals surface area contributed by atoms with Crippen molar-refractivity contribution < 1.29 is 9.53 Å². The summed E-state index contributed by atoms with van der Waals surface area (Å²) in [4.78, 5) is 21.3. The van der Waals surface area contributed by atoms with E-state index in [2.05, 4.69) is 9.97 Å². The van der Waals surface area contributed by atoms with E-state index in [0.717, 1.165) is 16.9 Å². The predicted molar refractivity (Wildman–Crippen MR) is 81.8 cm³/mol. The third-order valence-corrected chi connectivity index (χ3v) is 3.89. The molecule has 0 radical (unpaired) electrons. The molecule has 1 amide bonds. The van der Waals surface area contributed by atoms with Gasteiger partial charge in [0.25, 0.3) is 0 Å². The molecular weight excluding hydrogens is 274 g/mol. The molecule has 1 aromatic carbocycles. The highest BCUT2D eigenvalue weighted by Crippen LogP contribution is 2.15. The maximum Gasteiger partial charge on any atom is 0.232 e. The van der Waals surface area contributed by atoms with Gasteiger partial charge in [0, 0.05) is 20.7 Å². The number of ether oxygens (including phenoxy) is 1. The minimum absolute atomic E-state index is 0.114. The van der Waals surface area contributed by atoms with Crippen LogP contribution in [-0.2, 0) is 15.3 Å². The van der Waals surface area contributed by atoms with E-state index >= 15 is 0 Å². The lowest BCUT2D eigenvalue weighted by Gasteiger charge is -2.15. The van der Waals surface area contributed by atoms with Gasteiger partial charge in [-0.3, -0.25) is 4.79 Å². The molecule has 0 bridgehead atoms. The first-order valence-electron chi connectivity index (χ1n) is 6.45. The Hall–Kier alpha value is -1.53. The number of aromatic nitrogens is 2. The number of nitrogens with one attached hydrogen (secondary N) is 1. The second kappa shape index (κ2) is 7.31. The molecule has 5 nitrogen and oxygen atoms in total. The number of likely N-dealkylation sites (N-methyl/N-ethyl adjacent to an activating group) is 1. The first kappa shape index (κ1) is 14.9. The summed E-state index contributed by atoms with van der Waals surface area (Å²) in [6.07, 6.45) is 0. The molecule has 0 unspecified atom stereocenters. The molecule has 0 saturated carbocycles. The van der Waals surface area contributed by atoms with E-state index in [4.69, 9.17) is 4.74 Å². The van der Waals surface area contributed by atoms with Gasteiger partial charge < -0.3 is 14.6 Å². The Labute approximate surface area is 122 Å². The maximum atomic E-state index is 11.8. The van der Waals surface area contributed by atoms with Crippen molar-refractivity contribution in [3.8, 4) is 0 Å². The zero-order chi connectivity index (χ0) is 14.4. The van der Waals surface area contributed by atoms with Gasteiger partial charge in [0.05, 0.1) is 29.1 Å². The summed E-state index contributed by atoms with van der Waals surface area (Å²) < 4.78 is 4.95. The average Bonchev–Trinajstić information content (AvgIpc) is 2.87. The summed E-state index contributed by atoms with van der Waals surface area (Å²) in [5.41, 5.74) is 2.00. The number of amides is 1. The number of para-hydroxylation sites is 2. The highest BCUT2D eigenvalue weighted by atomic mass is 32.2. The minimum atomic E-state index is 0.114. The maximum absolute atomic E-state index is 11.8. The van der Waals surface area contributed by atoms with E-state index in [0.29, 0.717) is 24.7 Å². The van der Waals surface area contributed by atoms with Crippen LogP contribution in [0.5, 0.6) is 0 Å². The van der Waals surface area contributed by atoms with Gasteiger partial charge in [-0.25, -0.2) is 4.98 Å². The number of carbonyl (C=O) groups excluding carboxylic acids is 1. The number of imidazole rings is 1. The molecule has 2 rings (SSSR count). The fourth-order valence-electron chi connectivity index (χ4n) is 1.77. The number of hydrogen-bond acceptors (Lipinski definition) is 4. The second-order valence-electron chi connectivity index (χ2n) is 4.50. The molecule has 0 fully saturated rings. The summed E-state index contributed by atoms with van der Waals surface area (Å²) in [6, 6.07) is 7.92. The number of H-pyrrole nitrogens is 1. The highest BCUT2D eigenvalue weighted by molar-refractivity contribution is 7.99. The average molecular weight is 293 g/mol. The van der Waals surface area contributed by atoms with Gasteiger partial charge in [-0.05, 0) is 12.1 Å². The van der Waals surface area contributed by atoms with E-state index in [-0.39, 0.29) is 5.91 Å². The number of fused-ring (bicyclic) bond motifs is 1. The number of rotatable bonds is 7. The molecule has 0 saturated heterocycles. The quantitative estimate of drug-likeness (QED) is 0.847. The molecule has 6 heteroatoms. The normalized spacial score (nSPS) is 10.9. The topological polar surface area (TPSA) is 58.2 Å². The molecular formula is C14H19N3O2S. The number of aromatic amines is 1. The van der Waals surface area contributed by atoms with Gasteiger partial charge in [0.2, 0.25) is 5.91 Å². The summed E-state index contributed by atoms with van der Waals surface area (Å²) in [6.45, 7) is 1.19. The molecule has 108 valence electrons. The molecule has 0 spiro atoms. The Kier molecular flexibility index (Phi) is 5.43. The second-order valence-corrected chi connectivity index (χ2v) is 5.49. The zero-order valence-electron chi connectivity index (χ0n) is 11.8. The SMILES string of the molecule is COCCN(C)C(=O)CSCc1nc2ccccc2[nH]1. The third-order valence-electron chi connectivity index (χ3n) is 2.96. The minimum Gasteiger partial charge on any atom is -0.383 e. The monoisotopic (exact) mass is 293 g/mol. The first-order valence-corrected chi connectivity index (χ1v) is 7.60. The van der Waals surface area contributed by atoms with Crippen LogP contribution in [0, 0.1) is 0 Å². The number of benzene rings is 1. The standard InChI is InChI=1S/C14H19N3O2S/c1-17(7-8-19-2)14(18)10-20-9-13-15-11-5-3-4-6-12(11)16-13/h3-6H,7-10H2,1-2H3,(H,15,16). The lowest BCUT2D eigenvalue weighted by atomic mass is 10.3. The highest BCUT2D eigenvalue weighted by Gasteiger charge is 2.09. The Morgan fingerprint density at radius 1 is 1.45 bits per heavy atom. The zero-order valence-corrected chi connectivity index (χ0v) is 12.6. The third kappa shape index (κ3) is 3.98. The molecule has 1 heterocycles. The molecule has 0 aliphatic rings. The predicted octanol–water partition coefficient (Wildman–Crippen LogP) is 1.90. The van der Waals surface area contributed by atoms with Crippen LogP contribution in [0.3, 0.4) is 0 Å². The van der Waals surface area contributed by atoms with Crippen molar-refractivity contribution in [2.24, 2.45) is 0 Å². The Morgan fingerprint density at radius 3 is 3.00 bits per heavy atom. The smallest absolute Gasteiger partial charge is 0.232 e. The van der Waals surface area contributed by atoms with E-state index in [1.165, 1.54) is 0 Å². The molecule has 0 aliphatic carbocycles. The Morgan fingerprint density at radius 2 is 2.25 bits per heavy atom. The van der Waals surface area contributed by atoms with Crippen LogP contribution >= 0.6 is 11.8 Å². The first-order chi connectivity index (χ1) is 9.70. The largest absolute Gasteiger partial charge is 0.383 e. The number of methoxy groups -OCH3 is 1. The number of nitrogens with zero attached hydrogens (tertiary/aromatic N) is 2. The summed E-state index contributed by atoms with van der Waals surface area (Å²) in [7, 11) is 3.43. The summed E-state index contributed by atoms with van der Waals surface area (Å²) in [5.74, 6) is 2.18. The molecule has 1 N–H and O–H groups in total. The van der Waals surface area contributed by atoms with Crippen LogP contribution in [0.25, 0.3) is 11.0 Å². The van der Waals surface area contributed by atoms with Crippen molar-refractivity contribution >= 4 is 28.7 Å². The summed E-state index contributed by atoms with van der Waals surface area (Å²) >= 11 is 1.57. The lowest BCUT2D eigenvalue weighted by molar-refractivity contribution is -0.127. The van der Waals surface area contributed by atoms with Gasteiger partial charge in [-0.2, -0.15) is 0 Å². The van der Waals surface area contributed by atoms with Gasteiger partial charge in [-0.15, -0.1) is 11.8 Å². The van der Waals surface area contributed by atoms with Crippen LogP contribution in [0.4, 0.5) is 0 Å². The number of thioether (sulfide) groups is 1. The van der Waals surface area contributed by atoms with Crippen molar-refractivity contribution in [3.05, 3.63) is 30.1 Å². The van der Waals surface area contributed by atoms with E-state index in [1.54, 1.807) is 30.8 Å². The van der Waals surface area contributed by atoms with Gasteiger partial charge in [0.1, 0.15) is 5.82 Å². The van der Waals surface area contributed by atoms with Crippen LogP contribution in [-0.4, -0.2) is 53.8 Å². The van der Waals surface area contributed by atoms with E-state index in [9.17, 15) is 4.79 Å². The van der Waals surface area contributed by atoms with E-state index in [1.807, 2.05) is 24.3 Å². The van der Waals surface area contributed by atoms with Crippen molar-refractivity contribution in [1.82, 2.24) is 14.9 Å². The van der Waals surface area contributed by atoms with Gasteiger partial charge in [0.15, 0.2) is 0 Å². The Balaban J connectivity index is 1.79. The molecule has 1 aromatic heterocycles. The van der Waals surface area contributed by atoms with Crippen molar-refractivity contribution in [3.63, 3.8) is 0 Å². The fraction of sp³-hybridized carbons (Fsp3) is 0.429. The van der Waals surface area contributed by atoms with Crippen molar-refractivity contribution in [2.75, 3.05) is 33.1 Å². The van der Waals surface area contributed by atoms with E-state index < -0.39 is 0 Å². The molecule has 2 aromatic rings. The molecule has 20 heavy (non-hydrogen) atoms. The molecule has 0 aliphatic heterocycles. The van der Waals surface area contributed by atoms with Crippen LogP contribution < -0.4 is 0 Å². The Bertz CT molecular complexity index is 537. The van der Waals surface area contributed by atoms with Gasteiger partial charge in [-0.1, -0.05) is 12.1 Å². The van der Waals surface area contributed by atoms with Crippen molar-refractivity contribution in [2.45, 2.75) is 5.75 Å². The van der Waals surface area contributed by atoms with Crippen LogP contribution in [0.2, 0.25) is 0 Å².